The molecular weight excluding hydrogens is 292 g/mol. The van der Waals surface area contributed by atoms with Crippen LogP contribution in [0.1, 0.15) is 35.1 Å². The van der Waals surface area contributed by atoms with E-state index in [2.05, 4.69) is 81.0 Å². The van der Waals surface area contributed by atoms with Crippen LogP contribution in [-0.4, -0.2) is 0 Å². The number of aryl methyl sites for hydroxylation is 1. The Morgan fingerprint density at radius 3 is 2.50 bits per heavy atom. The summed E-state index contributed by atoms with van der Waals surface area (Å²) in [5.41, 5.74) is 7.49. The molecule has 124 valence electrons. The molecule has 0 aliphatic carbocycles. The summed E-state index contributed by atoms with van der Waals surface area (Å²) in [5, 5.41) is 6.29. The van der Waals surface area contributed by atoms with Gasteiger partial charge in [0.2, 0.25) is 0 Å². The van der Waals surface area contributed by atoms with Crippen molar-refractivity contribution in [3.8, 4) is 0 Å². The molecule has 0 saturated heterocycles. The van der Waals surface area contributed by atoms with E-state index in [4.69, 9.17) is 0 Å². The van der Waals surface area contributed by atoms with Gasteiger partial charge in [-0.15, -0.1) is 0 Å². The minimum Gasteiger partial charge on any atom is -0.368 e. The normalized spacial score (nSPS) is 12.4. The molecule has 0 radical (unpaired) electrons. The predicted molar refractivity (Wildman–Crippen MR) is 105 cm³/mol. The molecule has 2 aromatic rings. The first-order chi connectivity index (χ1) is 11.6. The van der Waals surface area contributed by atoms with Crippen LogP contribution in [0.2, 0.25) is 0 Å². The summed E-state index contributed by atoms with van der Waals surface area (Å²) in [4.78, 5) is 0. The van der Waals surface area contributed by atoms with Gasteiger partial charge in [0.15, 0.2) is 0 Å². The average Bonchev–Trinajstić information content (AvgIpc) is 2.58. The summed E-state index contributed by atoms with van der Waals surface area (Å²) in [6, 6.07) is 15.0. The quantitative estimate of drug-likeness (QED) is 0.691. The summed E-state index contributed by atoms with van der Waals surface area (Å²) in [6.07, 6.45) is 5.42. The second-order valence-corrected chi connectivity index (χ2v) is 5.96. The third-order valence-electron chi connectivity index (χ3n) is 4.33. The lowest BCUT2D eigenvalue weighted by molar-refractivity contribution is 0.912. The van der Waals surface area contributed by atoms with Gasteiger partial charge < -0.3 is 10.6 Å². The molecular formula is C22H26N2. The van der Waals surface area contributed by atoms with Gasteiger partial charge in [-0.2, -0.15) is 0 Å². The Hall–Kier alpha value is -2.74. The van der Waals surface area contributed by atoms with Crippen LogP contribution >= 0.6 is 0 Å². The first-order valence-corrected chi connectivity index (χ1v) is 8.15. The van der Waals surface area contributed by atoms with Crippen molar-refractivity contribution in [1.82, 2.24) is 5.32 Å². The first kappa shape index (κ1) is 17.6. The van der Waals surface area contributed by atoms with Gasteiger partial charge in [-0.3, -0.25) is 0 Å². The minimum absolute atomic E-state index is 0.184. The van der Waals surface area contributed by atoms with E-state index in [0.717, 1.165) is 5.69 Å². The van der Waals surface area contributed by atoms with Crippen molar-refractivity contribution >= 4 is 5.69 Å². The molecule has 0 bridgehead atoms. The molecule has 1 atom stereocenters. The molecule has 1 unspecified atom stereocenters. The van der Waals surface area contributed by atoms with Crippen molar-refractivity contribution in [2.75, 3.05) is 5.32 Å². The zero-order valence-corrected chi connectivity index (χ0v) is 14.8. The van der Waals surface area contributed by atoms with Crippen LogP contribution in [-0.2, 0) is 0 Å². The highest BCUT2D eigenvalue weighted by atomic mass is 14.8. The topological polar surface area (TPSA) is 24.1 Å². The van der Waals surface area contributed by atoms with E-state index in [9.17, 15) is 0 Å². The smallest absolute Gasteiger partial charge is 0.0382 e. The molecule has 0 heterocycles. The van der Waals surface area contributed by atoms with Gasteiger partial charge in [0.25, 0.3) is 0 Å². The molecule has 2 N–H and O–H groups in total. The van der Waals surface area contributed by atoms with E-state index in [1.807, 2.05) is 12.3 Å². The molecule has 0 aliphatic rings. The van der Waals surface area contributed by atoms with Gasteiger partial charge in [0, 0.05) is 17.8 Å². The lowest BCUT2D eigenvalue weighted by Crippen LogP contribution is -2.08. The highest BCUT2D eigenvalue weighted by Gasteiger charge is 2.19. The van der Waals surface area contributed by atoms with Gasteiger partial charge in [0.05, 0.1) is 0 Å². The van der Waals surface area contributed by atoms with E-state index in [1.54, 1.807) is 12.4 Å². The number of anilines is 1. The monoisotopic (exact) mass is 318 g/mol. The fraction of sp³-hybridized carbons (Fsp3) is 0.182. The van der Waals surface area contributed by atoms with Gasteiger partial charge in [0.1, 0.15) is 0 Å². The summed E-state index contributed by atoms with van der Waals surface area (Å²) in [7, 11) is 0. The van der Waals surface area contributed by atoms with Crippen LogP contribution in [0.5, 0.6) is 0 Å². The maximum atomic E-state index is 3.75. The molecule has 0 amide bonds. The number of allylic oxidation sites excluding steroid dienone is 1. The van der Waals surface area contributed by atoms with E-state index in [0.29, 0.717) is 0 Å². The maximum Gasteiger partial charge on any atom is 0.0382 e. The zero-order chi connectivity index (χ0) is 17.5. The van der Waals surface area contributed by atoms with E-state index < -0.39 is 0 Å². The van der Waals surface area contributed by atoms with Crippen molar-refractivity contribution in [1.29, 1.82) is 0 Å². The van der Waals surface area contributed by atoms with Gasteiger partial charge in [-0.25, -0.2) is 0 Å². The third-order valence-corrected chi connectivity index (χ3v) is 4.33. The van der Waals surface area contributed by atoms with Crippen molar-refractivity contribution in [3.63, 3.8) is 0 Å². The Kier molecular flexibility index (Phi) is 6.02. The standard InChI is InChI=1S/C22H26N2/c1-6-23-15-17(4)22(21-13-8-10-16(3)18(21)5)19-11-9-12-20(14-19)24-7-2/h6-15,22-24H,1-2H2,3-5H3/b17-15+. The lowest BCUT2D eigenvalue weighted by atomic mass is 9.82. The van der Waals surface area contributed by atoms with Crippen molar-refractivity contribution in [2.24, 2.45) is 0 Å². The average molecular weight is 318 g/mol. The minimum atomic E-state index is 0.184. The molecule has 0 saturated carbocycles. The summed E-state index contributed by atoms with van der Waals surface area (Å²) in [5.74, 6) is 0.184. The Balaban J connectivity index is 2.59. The predicted octanol–water partition coefficient (Wildman–Crippen LogP) is 5.63. The molecule has 0 aliphatic heterocycles. The number of hydrogen-bond acceptors (Lipinski definition) is 2. The largest absolute Gasteiger partial charge is 0.368 e. The lowest BCUT2D eigenvalue weighted by Gasteiger charge is -2.23. The summed E-state index contributed by atoms with van der Waals surface area (Å²) >= 11 is 0. The SMILES string of the molecule is C=CN/C=C(\C)C(c1cccc(NC=C)c1)c1cccc(C)c1C. The fourth-order valence-electron chi connectivity index (χ4n) is 2.97. The van der Waals surface area contributed by atoms with Crippen LogP contribution < -0.4 is 10.6 Å². The van der Waals surface area contributed by atoms with Gasteiger partial charge >= 0.3 is 0 Å². The van der Waals surface area contributed by atoms with E-state index in [1.165, 1.54) is 27.8 Å². The molecule has 2 aromatic carbocycles. The van der Waals surface area contributed by atoms with Gasteiger partial charge in [-0.05, 0) is 73.1 Å². The Morgan fingerprint density at radius 2 is 1.79 bits per heavy atom. The molecule has 0 spiro atoms. The number of rotatable bonds is 7. The maximum absolute atomic E-state index is 3.75. The van der Waals surface area contributed by atoms with Crippen LogP contribution in [0, 0.1) is 13.8 Å². The second-order valence-electron chi connectivity index (χ2n) is 5.96. The van der Waals surface area contributed by atoms with Crippen LogP contribution in [0.15, 0.2) is 79.8 Å². The zero-order valence-electron chi connectivity index (χ0n) is 14.8. The number of hydrogen-bond donors (Lipinski definition) is 2. The highest BCUT2D eigenvalue weighted by molar-refractivity contribution is 5.53. The molecule has 2 rings (SSSR count). The molecule has 0 fully saturated rings. The third kappa shape index (κ3) is 3.96. The fourth-order valence-corrected chi connectivity index (χ4v) is 2.97. The number of benzene rings is 2. The van der Waals surface area contributed by atoms with Crippen molar-refractivity contribution in [2.45, 2.75) is 26.7 Å². The molecule has 0 aromatic heterocycles. The van der Waals surface area contributed by atoms with E-state index in [-0.39, 0.29) is 5.92 Å². The Bertz CT molecular complexity index is 756. The summed E-state index contributed by atoms with van der Waals surface area (Å²) in [6.45, 7) is 14.0. The van der Waals surface area contributed by atoms with Crippen LogP contribution in [0.25, 0.3) is 0 Å². The molecule has 2 heteroatoms. The summed E-state index contributed by atoms with van der Waals surface area (Å²) < 4.78 is 0. The number of nitrogens with one attached hydrogen (secondary N) is 2. The first-order valence-electron chi connectivity index (χ1n) is 8.15. The molecule has 24 heavy (non-hydrogen) atoms. The van der Waals surface area contributed by atoms with Crippen LogP contribution in [0.3, 0.4) is 0 Å². The highest BCUT2D eigenvalue weighted by Crippen LogP contribution is 2.35. The molecule has 2 nitrogen and oxygen atoms in total. The van der Waals surface area contributed by atoms with E-state index >= 15 is 0 Å². The van der Waals surface area contributed by atoms with Crippen molar-refractivity contribution in [3.05, 3.63) is 102 Å². The second kappa shape index (κ2) is 8.21. The Labute approximate surface area is 145 Å². The van der Waals surface area contributed by atoms with Crippen LogP contribution in [0.4, 0.5) is 5.69 Å². The Morgan fingerprint density at radius 1 is 1.04 bits per heavy atom. The van der Waals surface area contributed by atoms with Crippen molar-refractivity contribution < 1.29 is 0 Å². The van der Waals surface area contributed by atoms with Gasteiger partial charge in [-0.1, -0.05) is 43.5 Å².